The fourth-order valence-corrected chi connectivity index (χ4v) is 2.78. The van der Waals surface area contributed by atoms with Crippen molar-refractivity contribution in [1.29, 1.82) is 0 Å². The van der Waals surface area contributed by atoms with E-state index in [0.717, 1.165) is 23.9 Å². The smallest absolute Gasteiger partial charge is 0.191 e. The Kier molecular flexibility index (Phi) is 8.43. The van der Waals surface area contributed by atoms with Crippen LogP contribution in [0.25, 0.3) is 5.82 Å². The first-order valence-corrected chi connectivity index (χ1v) is 9.10. The predicted molar refractivity (Wildman–Crippen MR) is 125 cm³/mol. The summed E-state index contributed by atoms with van der Waals surface area (Å²) in [5.74, 6) is 2.04. The van der Waals surface area contributed by atoms with Crippen LogP contribution < -0.4 is 10.6 Å². The molecule has 0 saturated carbocycles. The van der Waals surface area contributed by atoms with Crippen molar-refractivity contribution in [3.63, 3.8) is 0 Å². The normalized spacial score (nSPS) is 12.2. The lowest BCUT2D eigenvalue weighted by molar-refractivity contribution is 0.698. The van der Waals surface area contributed by atoms with Crippen LogP contribution in [-0.2, 0) is 6.54 Å². The van der Waals surface area contributed by atoms with Crippen LogP contribution in [0.2, 0.25) is 0 Å². The number of nitrogens with zero attached hydrogens (tertiary/aromatic N) is 4. The Labute approximate surface area is 183 Å². The molecule has 3 rings (SSSR count). The molecule has 0 saturated heterocycles. The van der Waals surface area contributed by atoms with E-state index < -0.39 is 0 Å². The van der Waals surface area contributed by atoms with Gasteiger partial charge in [0.1, 0.15) is 12.1 Å². The maximum atomic E-state index is 4.38. The molecule has 0 aliphatic rings. The molecule has 3 aromatic rings. The molecular weight excluding hydrogens is 463 g/mol. The highest BCUT2D eigenvalue weighted by Crippen LogP contribution is 2.14. The van der Waals surface area contributed by atoms with E-state index in [1.54, 1.807) is 19.6 Å². The summed E-state index contributed by atoms with van der Waals surface area (Å²) in [6.45, 7) is 5.81. The molecule has 1 aromatic carbocycles. The standard InChI is InChI=1S/C21H26N6.HI/c1-16-4-6-19(7-5-16)17(2)13-25-21(22-3)26-14-18-8-9-24-20(12-18)27-11-10-23-15-27;/h4-12,15,17H,13-14H2,1-3H3,(H2,22,25,26);1H. The maximum Gasteiger partial charge on any atom is 0.191 e. The molecule has 0 spiro atoms. The number of imidazole rings is 1. The number of aromatic nitrogens is 3. The molecule has 1 unspecified atom stereocenters. The third-order valence-corrected chi connectivity index (χ3v) is 4.48. The Morgan fingerprint density at radius 1 is 1.14 bits per heavy atom. The van der Waals surface area contributed by atoms with Crippen molar-refractivity contribution < 1.29 is 0 Å². The second kappa shape index (κ2) is 10.8. The van der Waals surface area contributed by atoms with Gasteiger partial charge in [0.25, 0.3) is 0 Å². The molecule has 2 N–H and O–H groups in total. The first-order valence-electron chi connectivity index (χ1n) is 9.10. The summed E-state index contributed by atoms with van der Waals surface area (Å²) in [5.41, 5.74) is 3.73. The summed E-state index contributed by atoms with van der Waals surface area (Å²) < 4.78 is 1.89. The average molecular weight is 490 g/mol. The van der Waals surface area contributed by atoms with Gasteiger partial charge in [0.15, 0.2) is 5.96 Å². The molecule has 28 heavy (non-hydrogen) atoms. The number of hydrogen-bond donors (Lipinski definition) is 2. The van der Waals surface area contributed by atoms with Crippen LogP contribution >= 0.6 is 24.0 Å². The van der Waals surface area contributed by atoms with Crippen molar-refractivity contribution in [1.82, 2.24) is 25.2 Å². The van der Waals surface area contributed by atoms with Crippen LogP contribution in [0.15, 0.2) is 66.3 Å². The molecule has 0 aliphatic carbocycles. The Bertz CT molecular complexity index is 874. The van der Waals surface area contributed by atoms with E-state index in [4.69, 9.17) is 0 Å². The Hall–Kier alpha value is -2.42. The first-order chi connectivity index (χ1) is 13.2. The second-order valence-corrected chi connectivity index (χ2v) is 6.61. The molecule has 7 heteroatoms. The maximum absolute atomic E-state index is 4.38. The van der Waals surface area contributed by atoms with Crippen molar-refractivity contribution in [2.45, 2.75) is 26.3 Å². The van der Waals surface area contributed by atoms with Crippen molar-refractivity contribution in [2.24, 2.45) is 4.99 Å². The summed E-state index contributed by atoms with van der Waals surface area (Å²) >= 11 is 0. The molecule has 6 nitrogen and oxygen atoms in total. The van der Waals surface area contributed by atoms with E-state index in [-0.39, 0.29) is 24.0 Å². The van der Waals surface area contributed by atoms with Gasteiger partial charge in [0.05, 0.1) is 0 Å². The van der Waals surface area contributed by atoms with Crippen molar-refractivity contribution >= 4 is 29.9 Å². The van der Waals surface area contributed by atoms with Crippen LogP contribution in [0.1, 0.15) is 29.5 Å². The minimum absolute atomic E-state index is 0. The van der Waals surface area contributed by atoms with E-state index in [1.807, 2.05) is 29.1 Å². The fraction of sp³-hybridized carbons (Fsp3) is 0.286. The third kappa shape index (κ3) is 6.05. The summed E-state index contributed by atoms with van der Waals surface area (Å²) in [7, 11) is 1.79. The number of aryl methyl sites for hydroxylation is 1. The third-order valence-electron chi connectivity index (χ3n) is 4.48. The van der Waals surface area contributed by atoms with Gasteiger partial charge >= 0.3 is 0 Å². The number of benzene rings is 1. The minimum Gasteiger partial charge on any atom is -0.356 e. The van der Waals surface area contributed by atoms with Gasteiger partial charge in [0, 0.05) is 38.7 Å². The number of guanidine groups is 1. The van der Waals surface area contributed by atoms with Crippen LogP contribution in [0.3, 0.4) is 0 Å². The van der Waals surface area contributed by atoms with Crippen molar-refractivity contribution in [2.75, 3.05) is 13.6 Å². The lowest BCUT2D eigenvalue weighted by Gasteiger charge is -2.17. The molecule has 0 radical (unpaired) electrons. The van der Waals surface area contributed by atoms with Gasteiger partial charge in [-0.05, 0) is 36.1 Å². The average Bonchev–Trinajstić information content (AvgIpc) is 3.23. The highest BCUT2D eigenvalue weighted by atomic mass is 127. The monoisotopic (exact) mass is 490 g/mol. The molecule has 0 bridgehead atoms. The van der Waals surface area contributed by atoms with Gasteiger partial charge in [-0.25, -0.2) is 9.97 Å². The Morgan fingerprint density at radius 3 is 2.61 bits per heavy atom. The van der Waals surface area contributed by atoms with Crippen LogP contribution in [0, 0.1) is 6.92 Å². The molecular formula is C21H27IN6. The molecule has 1 atom stereocenters. The number of rotatable bonds is 6. The number of halogens is 1. The van der Waals surface area contributed by atoms with E-state index in [1.165, 1.54) is 11.1 Å². The summed E-state index contributed by atoms with van der Waals surface area (Å²) in [6, 6.07) is 12.7. The minimum atomic E-state index is 0. The van der Waals surface area contributed by atoms with Gasteiger partial charge in [-0.2, -0.15) is 0 Å². The Balaban J connectivity index is 0.00000280. The van der Waals surface area contributed by atoms with Crippen LogP contribution in [0.5, 0.6) is 0 Å². The van der Waals surface area contributed by atoms with E-state index in [0.29, 0.717) is 12.5 Å². The van der Waals surface area contributed by atoms with Gasteiger partial charge in [-0.3, -0.25) is 9.56 Å². The molecule has 0 fully saturated rings. The van der Waals surface area contributed by atoms with Crippen LogP contribution in [-0.4, -0.2) is 34.1 Å². The number of pyridine rings is 1. The van der Waals surface area contributed by atoms with Gasteiger partial charge in [-0.15, -0.1) is 24.0 Å². The molecule has 0 amide bonds. The topological polar surface area (TPSA) is 67.1 Å². The molecule has 2 heterocycles. The zero-order valence-corrected chi connectivity index (χ0v) is 18.8. The SMILES string of the molecule is CN=C(NCc1ccnc(-n2ccnc2)c1)NCC(C)c1ccc(C)cc1.I. The van der Waals surface area contributed by atoms with Crippen LogP contribution in [0.4, 0.5) is 0 Å². The van der Waals surface area contributed by atoms with E-state index in [9.17, 15) is 0 Å². The highest BCUT2D eigenvalue weighted by Gasteiger charge is 2.07. The molecule has 148 valence electrons. The Morgan fingerprint density at radius 2 is 1.93 bits per heavy atom. The van der Waals surface area contributed by atoms with Crippen molar-refractivity contribution in [3.8, 4) is 5.82 Å². The largest absolute Gasteiger partial charge is 0.356 e. The number of aliphatic imine (C=N–C) groups is 1. The summed E-state index contributed by atoms with van der Waals surface area (Å²) in [6.07, 6.45) is 7.18. The first kappa shape index (κ1) is 21.9. The van der Waals surface area contributed by atoms with Gasteiger partial charge in [0.2, 0.25) is 0 Å². The summed E-state index contributed by atoms with van der Waals surface area (Å²) in [5, 5.41) is 6.76. The number of hydrogen-bond acceptors (Lipinski definition) is 3. The zero-order chi connectivity index (χ0) is 19.1. The van der Waals surface area contributed by atoms with Crippen molar-refractivity contribution in [3.05, 3.63) is 78.0 Å². The van der Waals surface area contributed by atoms with Gasteiger partial charge in [-0.1, -0.05) is 36.8 Å². The quantitative estimate of drug-likeness (QED) is 0.315. The zero-order valence-electron chi connectivity index (χ0n) is 16.5. The lowest BCUT2D eigenvalue weighted by atomic mass is 10.0. The molecule has 2 aromatic heterocycles. The lowest BCUT2D eigenvalue weighted by Crippen LogP contribution is -2.38. The predicted octanol–water partition coefficient (Wildman–Crippen LogP) is 3.66. The van der Waals surface area contributed by atoms with E-state index in [2.05, 4.69) is 63.7 Å². The van der Waals surface area contributed by atoms with E-state index >= 15 is 0 Å². The summed E-state index contributed by atoms with van der Waals surface area (Å²) in [4.78, 5) is 12.8. The highest BCUT2D eigenvalue weighted by molar-refractivity contribution is 14.0. The van der Waals surface area contributed by atoms with Gasteiger partial charge < -0.3 is 10.6 Å². The fourth-order valence-electron chi connectivity index (χ4n) is 2.78. The number of nitrogens with one attached hydrogen (secondary N) is 2. The second-order valence-electron chi connectivity index (χ2n) is 6.61. The molecule has 0 aliphatic heterocycles.